The van der Waals surface area contributed by atoms with E-state index in [0.29, 0.717) is 23.0 Å². The lowest BCUT2D eigenvalue weighted by molar-refractivity contribution is 0.356. The molecule has 1 saturated heterocycles. The Kier molecular flexibility index (Phi) is 4.36. The van der Waals surface area contributed by atoms with Crippen LogP contribution in [0.25, 0.3) is 0 Å². The van der Waals surface area contributed by atoms with Crippen LogP contribution in [0.4, 0.5) is 5.69 Å². The molecule has 1 fully saturated rings. The minimum atomic E-state index is -3.46. The van der Waals surface area contributed by atoms with Gasteiger partial charge in [0, 0.05) is 25.8 Å². The highest BCUT2D eigenvalue weighted by molar-refractivity contribution is 7.89. The van der Waals surface area contributed by atoms with Crippen LogP contribution in [0.15, 0.2) is 23.1 Å². The Balaban J connectivity index is 2.19. The smallest absolute Gasteiger partial charge is 0.243 e. The summed E-state index contributed by atoms with van der Waals surface area (Å²) in [5.41, 5.74) is 6.92. The minimum Gasteiger partial charge on any atom is -0.399 e. The molecule has 0 bridgehead atoms. The van der Waals surface area contributed by atoms with Crippen molar-refractivity contribution in [2.75, 3.05) is 39.5 Å². The second-order valence-electron chi connectivity index (χ2n) is 5.73. The van der Waals surface area contributed by atoms with Crippen molar-refractivity contribution in [1.29, 1.82) is 0 Å². The van der Waals surface area contributed by atoms with Gasteiger partial charge in [-0.3, -0.25) is 0 Å². The number of hydrogen-bond donors (Lipinski definition) is 1. The van der Waals surface area contributed by atoms with Crippen molar-refractivity contribution in [3.63, 3.8) is 0 Å². The van der Waals surface area contributed by atoms with Crippen LogP contribution in [0.1, 0.15) is 12.0 Å². The van der Waals surface area contributed by atoms with Crippen molar-refractivity contribution in [1.82, 2.24) is 9.21 Å². The summed E-state index contributed by atoms with van der Waals surface area (Å²) >= 11 is 0. The Morgan fingerprint density at radius 1 is 1.45 bits per heavy atom. The van der Waals surface area contributed by atoms with Crippen molar-refractivity contribution in [3.05, 3.63) is 23.8 Å². The summed E-state index contributed by atoms with van der Waals surface area (Å²) < 4.78 is 26.7. The van der Waals surface area contributed by atoms with Crippen molar-refractivity contribution in [2.24, 2.45) is 5.92 Å². The molecule has 1 aromatic carbocycles. The highest BCUT2D eigenvalue weighted by Crippen LogP contribution is 2.24. The maximum absolute atomic E-state index is 12.6. The van der Waals surface area contributed by atoms with Crippen LogP contribution < -0.4 is 5.73 Å². The van der Waals surface area contributed by atoms with Crippen LogP contribution in [-0.4, -0.2) is 51.4 Å². The molecule has 1 heterocycles. The van der Waals surface area contributed by atoms with Gasteiger partial charge in [0.25, 0.3) is 0 Å². The molecule has 20 heavy (non-hydrogen) atoms. The molecule has 1 aliphatic heterocycles. The molecule has 112 valence electrons. The fourth-order valence-electron chi connectivity index (χ4n) is 2.70. The minimum absolute atomic E-state index is 0.311. The summed E-state index contributed by atoms with van der Waals surface area (Å²) in [7, 11) is 0.253. The fourth-order valence-corrected chi connectivity index (χ4v) is 4.20. The SMILES string of the molecule is Cc1ccc(N)cc1S(=O)(=O)N(C)CC1CCN(C)C1. The summed E-state index contributed by atoms with van der Waals surface area (Å²) in [6.07, 6.45) is 1.05. The first-order valence-corrected chi connectivity index (χ1v) is 8.25. The summed E-state index contributed by atoms with van der Waals surface area (Å²) in [5.74, 6) is 0.404. The molecular formula is C14H23N3O2S. The monoisotopic (exact) mass is 297 g/mol. The van der Waals surface area contributed by atoms with Crippen molar-refractivity contribution >= 4 is 15.7 Å². The average molecular weight is 297 g/mol. The van der Waals surface area contributed by atoms with Gasteiger partial charge in [-0.15, -0.1) is 0 Å². The highest BCUT2D eigenvalue weighted by Gasteiger charge is 2.28. The predicted molar refractivity (Wildman–Crippen MR) is 81.0 cm³/mol. The summed E-state index contributed by atoms with van der Waals surface area (Å²) in [6, 6.07) is 5.02. The number of nitrogens with zero attached hydrogens (tertiary/aromatic N) is 2. The molecule has 0 aromatic heterocycles. The van der Waals surface area contributed by atoms with E-state index in [1.54, 1.807) is 32.2 Å². The van der Waals surface area contributed by atoms with Gasteiger partial charge < -0.3 is 10.6 Å². The molecule has 6 heteroatoms. The molecule has 2 rings (SSSR count). The van der Waals surface area contributed by atoms with Crippen LogP contribution >= 0.6 is 0 Å². The van der Waals surface area contributed by atoms with E-state index in [-0.39, 0.29) is 0 Å². The molecule has 0 radical (unpaired) electrons. The van der Waals surface area contributed by atoms with E-state index >= 15 is 0 Å². The molecule has 0 aliphatic carbocycles. The van der Waals surface area contributed by atoms with Crippen LogP contribution in [0, 0.1) is 12.8 Å². The van der Waals surface area contributed by atoms with Gasteiger partial charge in [0.1, 0.15) is 0 Å². The van der Waals surface area contributed by atoms with E-state index in [4.69, 9.17) is 5.73 Å². The molecule has 1 aliphatic rings. The average Bonchev–Trinajstić information content (AvgIpc) is 2.77. The van der Waals surface area contributed by atoms with Crippen molar-refractivity contribution in [3.8, 4) is 0 Å². The number of benzene rings is 1. The third-order valence-electron chi connectivity index (χ3n) is 3.90. The van der Waals surface area contributed by atoms with E-state index in [2.05, 4.69) is 11.9 Å². The fraction of sp³-hybridized carbons (Fsp3) is 0.571. The number of nitrogens with two attached hydrogens (primary N) is 1. The first kappa shape index (κ1) is 15.3. The Hall–Kier alpha value is -1.11. The molecule has 0 saturated carbocycles. The van der Waals surface area contributed by atoms with Gasteiger partial charge in [0.05, 0.1) is 4.90 Å². The van der Waals surface area contributed by atoms with E-state index in [9.17, 15) is 8.42 Å². The van der Waals surface area contributed by atoms with E-state index in [1.807, 2.05) is 0 Å². The van der Waals surface area contributed by atoms with E-state index in [1.165, 1.54) is 4.31 Å². The quantitative estimate of drug-likeness (QED) is 0.847. The lowest BCUT2D eigenvalue weighted by Crippen LogP contribution is -2.33. The second-order valence-corrected chi connectivity index (χ2v) is 7.74. The zero-order chi connectivity index (χ0) is 14.9. The summed E-state index contributed by atoms with van der Waals surface area (Å²) in [4.78, 5) is 2.54. The van der Waals surface area contributed by atoms with Crippen LogP contribution in [-0.2, 0) is 10.0 Å². The first-order valence-electron chi connectivity index (χ1n) is 6.81. The molecule has 1 unspecified atom stereocenters. The maximum Gasteiger partial charge on any atom is 0.243 e. The lowest BCUT2D eigenvalue weighted by atomic mass is 10.1. The van der Waals surface area contributed by atoms with Gasteiger partial charge in [-0.1, -0.05) is 6.07 Å². The number of rotatable bonds is 4. The van der Waals surface area contributed by atoms with Crippen molar-refractivity contribution < 1.29 is 8.42 Å². The molecular weight excluding hydrogens is 274 g/mol. The Labute approximate surface area is 121 Å². The van der Waals surface area contributed by atoms with E-state index < -0.39 is 10.0 Å². The maximum atomic E-state index is 12.6. The standard InChI is InChI=1S/C14H23N3O2S/c1-11-4-5-13(15)8-14(11)20(18,19)17(3)10-12-6-7-16(2)9-12/h4-5,8,12H,6-7,9-10,15H2,1-3H3. The third-order valence-corrected chi connectivity index (χ3v) is 5.87. The largest absolute Gasteiger partial charge is 0.399 e. The molecule has 5 nitrogen and oxygen atoms in total. The van der Waals surface area contributed by atoms with Gasteiger partial charge in [-0.2, -0.15) is 0 Å². The normalized spacial score (nSPS) is 20.7. The Bertz CT molecular complexity index is 586. The van der Waals surface area contributed by atoms with Crippen LogP contribution in [0.2, 0.25) is 0 Å². The molecule has 0 amide bonds. The summed E-state index contributed by atoms with van der Waals surface area (Å²) in [6.45, 7) is 4.34. The lowest BCUT2D eigenvalue weighted by Gasteiger charge is -2.22. The topological polar surface area (TPSA) is 66.6 Å². The van der Waals surface area contributed by atoms with Crippen molar-refractivity contribution in [2.45, 2.75) is 18.2 Å². The van der Waals surface area contributed by atoms with Gasteiger partial charge in [0.2, 0.25) is 10.0 Å². The Morgan fingerprint density at radius 2 is 2.15 bits per heavy atom. The van der Waals surface area contributed by atoms with Gasteiger partial charge in [0.15, 0.2) is 0 Å². The number of aryl methyl sites for hydroxylation is 1. The van der Waals surface area contributed by atoms with Crippen LogP contribution in [0.3, 0.4) is 0 Å². The molecule has 1 aromatic rings. The Morgan fingerprint density at radius 3 is 2.75 bits per heavy atom. The highest BCUT2D eigenvalue weighted by atomic mass is 32.2. The molecule has 0 spiro atoms. The van der Waals surface area contributed by atoms with Gasteiger partial charge in [-0.05, 0) is 50.6 Å². The first-order chi connectivity index (χ1) is 9.30. The second kappa shape index (κ2) is 5.71. The van der Waals surface area contributed by atoms with Gasteiger partial charge in [-0.25, -0.2) is 12.7 Å². The van der Waals surface area contributed by atoms with Crippen LogP contribution in [0.5, 0.6) is 0 Å². The molecule has 1 atom stereocenters. The zero-order valence-electron chi connectivity index (χ0n) is 12.3. The number of sulfonamides is 1. The van der Waals surface area contributed by atoms with Gasteiger partial charge >= 0.3 is 0 Å². The third kappa shape index (κ3) is 3.13. The summed E-state index contributed by atoms with van der Waals surface area (Å²) in [5, 5.41) is 0. The number of nitrogen functional groups attached to an aromatic ring is 1. The number of anilines is 1. The molecule has 2 N–H and O–H groups in total. The van der Waals surface area contributed by atoms with E-state index in [0.717, 1.165) is 25.1 Å². The zero-order valence-corrected chi connectivity index (χ0v) is 13.2. The number of hydrogen-bond acceptors (Lipinski definition) is 4. The number of likely N-dealkylation sites (tertiary alicyclic amines) is 1. The predicted octanol–water partition coefficient (Wildman–Crippen LogP) is 1.15.